The van der Waals surface area contributed by atoms with Crippen LogP contribution < -0.4 is 0 Å². The van der Waals surface area contributed by atoms with E-state index in [4.69, 9.17) is 0 Å². The molecule has 108 valence electrons. The largest absolute Gasteiger partial charge is 0.302 e. The third kappa shape index (κ3) is 3.24. The number of aromatic nitrogens is 3. The van der Waals surface area contributed by atoms with E-state index in [1.54, 1.807) is 0 Å². The van der Waals surface area contributed by atoms with E-state index in [1.165, 1.54) is 24.6 Å². The van der Waals surface area contributed by atoms with Crippen LogP contribution in [0.1, 0.15) is 34.9 Å². The van der Waals surface area contributed by atoms with E-state index in [9.17, 15) is 4.79 Å². The molecule has 1 aliphatic carbocycles. The predicted octanol–water partition coefficient (Wildman–Crippen LogP) is 3.32. The summed E-state index contributed by atoms with van der Waals surface area (Å²) in [6, 6.07) is 9.35. The molecule has 1 heterocycles. The quantitative estimate of drug-likeness (QED) is 0.447. The number of carbonyl (C=O) groups excluding carboxylic acids is 1. The van der Waals surface area contributed by atoms with Crippen molar-refractivity contribution in [2.24, 2.45) is 0 Å². The molecule has 0 bridgehead atoms. The van der Waals surface area contributed by atoms with Gasteiger partial charge >= 0.3 is 0 Å². The lowest BCUT2D eigenvalue weighted by molar-refractivity contribution is 0.102. The summed E-state index contributed by atoms with van der Waals surface area (Å²) >= 11 is 1.45. The molecule has 0 amide bonds. The van der Waals surface area contributed by atoms with Crippen LogP contribution in [0.15, 0.2) is 48.1 Å². The van der Waals surface area contributed by atoms with Crippen molar-refractivity contribution in [3.63, 3.8) is 0 Å². The average molecular weight is 299 g/mol. The number of hydrogen-bond acceptors (Lipinski definition) is 4. The molecule has 1 aliphatic rings. The fourth-order valence-electron chi connectivity index (χ4n) is 2.19. The van der Waals surface area contributed by atoms with Crippen molar-refractivity contribution < 1.29 is 4.79 Å². The monoisotopic (exact) mass is 299 g/mol. The molecule has 0 radical (unpaired) electrons. The number of benzene rings is 1. The first-order valence-corrected chi connectivity index (χ1v) is 8.03. The van der Waals surface area contributed by atoms with Crippen molar-refractivity contribution in [3.05, 3.63) is 54.4 Å². The van der Waals surface area contributed by atoms with E-state index in [1.807, 2.05) is 36.4 Å². The Labute approximate surface area is 128 Å². The number of rotatable bonds is 7. The molecule has 0 atom stereocenters. The van der Waals surface area contributed by atoms with Crippen molar-refractivity contribution in [1.29, 1.82) is 0 Å². The fourth-order valence-corrected chi connectivity index (χ4v) is 3.04. The molecule has 0 saturated heterocycles. The van der Waals surface area contributed by atoms with E-state index in [-0.39, 0.29) is 5.78 Å². The van der Waals surface area contributed by atoms with Gasteiger partial charge in [0.25, 0.3) is 0 Å². The van der Waals surface area contributed by atoms with Gasteiger partial charge in [0.05, 0.1) is 5.75 Å². The Morgan fingerprint density at radius 2 is 2.10 bits per heavy atom. The van der Waals surface area contributed by atoms with Gasteiger partial charge < -0.3 is 4.57 Å². The van der Waals surface area contributed by atoms with E-state index < -0.39 is 0 Å². The third-order valence-electron chi connectivity index (χ3n) is 3.43. The van der Waals surface area contributed by atoms with Gasteiger partial charge in [-0.15, -0.1) is 16.8 Å². The molecule has 0 unspecified atom stereocenters. The summed E-state index contributed by atoms with van der Waals surface area (Å²) in [5.41, 5.74) is 0.738. The average Bonchev–Trinajstić information content (AvgIpc) is 3.29. The Morgan fingerprint density at radius 3 is 2.76 bits per heavy atom. The molecule has 1 aromatic heterocycles. The summed E-state index contributed by atoms with van der Waals surface area (Å²) in [6.45, 7) is 4.48. The molecule has 5 heteroatoms. The van der Waals surface area contributed by atoms with Crippen LogP contribution in [0, 0.1) is 0 Å². The predicted molar refractivity (Wildman–Crippen MR) is 83.7 cm³/mol. The Balaban J connectivity index is 1.70. The van der Waals surface area contributed by atoms with Crippen molar-refractivity contribution >= 4 is 17.5 Å². The van der Waals surface area contributed by atoms with Gasteiger partial charge in [0.15, 0.2) is 10.9 Å². The van der Waals surface area contributed by atoms with Crippen LogP contribution in [0.2, 0.25) is 0 Å². The molecule has 2 aromatic rings. The smallest absolute Gasteiger partial charge is 0.191 e. The van der Waals surface area contributed by atoms with E-state index >= 15 is 0 Å². The van der Waals surface area contributed by atoms with Gasteiger partial charge in [-0.2, -0.15) is 0 Å². The first kappa shape index (κ1) is 14.1. The second-order valence-corrected chi connectivity index (χ2v) is 6.03. The molecule has 4 nitrogen and oxygen atoms in total. The van der Waals surface area contributed by atoms with Crippen molar-refractivity contribution in [3.8, 4) is 0 Å². The van der Waals surface area contributed by atoms with Crippen molar-refractivity contribution in [2.45, 2.75) is 30.5 Å². The first-order chi connectivity index (χ1) is 10.3. The third-order valence-corrected chi connectivity index (χ3v) is 4.39. The number of allylic oxidation sites excluding steroid dienone is 1. The van der Waals surface area contributed by atoms with Crippen LogP contribution in [-0.2, 0) is 6.54 Å². The van der Waals surface area contributed by atoms with Crippen LogP contribution >= 0.6 is 11.8 Å². The summed E-state index contributed by atoms with van der Waals surface area (Å²) in [5, 5.41) is 9.32. The Hall–Kier alpha value is -1.88. The van der Waals surface area contributed by atoms with Crippen LogP contribution in [0.4, 0.5) is 0 Å². The van der Waals surface area contributed by atoms with E-state index in [0.29, 0.717) is 18.2 Å². The number of Topliss-reactive ketones (excluding diaryl/α,β-unsaturated/α-hetero) is 1. The van der Waals surface area contributed by atoms with E-state index in [2.05, 4.69) is 21.3 Å². The minimum absolute atomic E-state index is 0.113. The molecular weight excluding hydrogens is 282 g/mol. The topological polar surface area (TPSA) is 47.8 Å². The van der Waals surface area contributed by atoms with Crippen LogP contribution in [0.5, 0.6) is 0 Å². The summed E-state index contributed by atoms with van der Waals surface area (Å²) < 4.78 is 2.08. The van der Waals surface area contributed by atoms with Gasteiger partial charge in [0.2, 0.25) is 0 Å². The molecule has 1 aromatic carbocycles. The van der Waals surface area contributed by atoms with Crippen LogP contribution in [-0.4, -0.2) is 26.3 Å². The Bertz CT molecular complexity index is 647. The van der Waals surface area contributed by atoms with Crippen LogP contribution in [0.3, 0.4) is 0 Å². The standard InChI is InChI=1S/C16H17N3OS/c1-2-10-19-15(13-8-9-13)17-18-16(19)21-11-14(20)12-6-4-3-5-7-12/h2-7,13H,1,8-11H2. The maximum absolute atomic E-state index is 12.1. The van der Waals surface area contributed by atoms with E-state index in [0.717, 1.165) is 16.5 Å². The summed E-state index contributed by atoms with van der Waals surface area (Å²) in [7, 11) is 0. The van der Waals surface area contributed by atoms with Crippen molar-refractivity contribution in [1.82, 2.24) is 14.8 Å². The molecule has 21 heavy (non-hydrogen) atoms. The van der Waals surface area contributed by atoms with Gasteiger partial charge in [-0.25, -0.2) is 0 Å². The lowest BCUT2D eigenvalue weighted by Gasteiger charge is -2.06. The lowest BCUT2D eigenvalue weighted by Crippen LogP contribution is -2.06. The zero-order valence-corrected chi connectivity index (χ0v) is 12.6. The highest BCUT2D eigenvalue weighted by Gasteiger charge is 2.30. The van der Waals surface area contributed by atoms with Crippen LogP contribution in [0.25, 0.3) is 0 Å². The maximum Gasteiger partial charge on any atom is 0.191 e. The summed E-state index contributed by atoms with van der Waals surface area (Å²) in [4.78, 5) is 12.1. The minimum atomic E-state index is 0.113. The molecular formula is C16H17N3OS. The van der Waals surface area contributed by atoms with Gasteiger partial charge in [0.1, 0.15) is 5.82 Å². The SMILES string of the molecule is C=CCn1c(SCC(=O)c2ccccc2)nnc1C1CC1. The molecule has 0 N–H and O–H groups in total. The molecule has 0 spiro atoms. The number of carbonyl (C=O) groups is 1. The zero-order chi connectivity index (χ0) is 14.7. The fraction of sp³-hybridized carbons (Fsp3) is 0.312. The minimum Gasteiger partial charge on any atom is -0.302 e. The highest BCUT2D eigenvalue weighted by molar-refractivity contribution is 7.99. The number of nitrogens with zero attached hydrogens (tertiary/aromatic N) is 3. The summed E-state index contributed by atoms with van der Waals surface area (Å²) in [5.74, 6) is 2.06. The van der Waals surface area contributed by atoms with Gasteiger partial charge in [-0.1, -0.05) is 48.2 Å². The number of hydrogen-bond donors (Lipinski definition) is 0. The molecule has 3 rings (SSSR count). The normalized spacial score (nSPS) is 14.1. The number of ketones is 1. The van der Waals surface area contributed by atoms with Gasteiger partial charge in [0, 0.05) is 18.0 Å². The lowest BCUT2D eigenvalue weighted by atomic mass is 10.2. The second kappa shape index (κ2) is 6.26. The van der Waals surface area contributed by atoms with Gasteiger partial charge in [-0.3, -0.25) is 4.79 Å². The van der Waals surface area contributed by atoms with Crippen molar-refractivity contribution in [2.75, 3.05) is 5.75 Å². The molecule has 0 aliphatic heterocycles. The highest BCUT2D eigenvalue weighted by Crippen LogP contribution is 2.40. The maximum atomic E-state index is 12.1. The Kier molecular flexibility index (Phi) is 4.20. The highest BCUT2D eigenvalue weighted by atomic mass is 32.2. The molecule has 1 saturated carbocycles. The zero-order valence-electron chi connectivity index (χ0n) is 11.7. The summed E-state index contributed by atoms with van der Waals surface area (Å²) in [6.07, 6.45) is 4.21. The van der Waals surface area contributed by atoms with Gasteiger partial charge in [-0.05, 0) is 12.8 Å². The number of thioether (sulfide) groups is 1. The molecule has 1 fully saturated rings. The Morgan fingerprint density at radius 1 is 1.33 bits per heavy atom. The second-order valence-electron chi connectivity index (χ2n) is 5.09. The first-order valence-electron chi connectivity index (χ1n) is 7.04.